The standard InChI is InChI=1S/C18H21O3P/c1-11-9-12(2)17(13(3)10-11)18(19)14(4)15-7-5-6-8-16(15)22(20)21/h5-10,14,22H,1-4H3,(H,20,21). The van der Waals surface area contributed by atoms with Crippen LogP contribution in [-0.4, -0.2) is 10.7 Å². The van der Waals surface area contributed by atoms with E-state index in [2.05, 4.69) is 0 Å². The number of ketones is 1. The third kappa shape index (κ3) is 3.21. The Bertz CT molecular complexity index is 727. The van der Waals surface area contributed by atoms with E-state index in [0.717, 1.165) is 16.7 Å². The van der Waals surface area contributed by atoms with Crippen molar-refractivity contribution in [2.45, 2.75) is 33.6 Å². The molecule has 0 aliphatic heterocycles. The molecule has 2 aromatic rings. The summed E-state index contributed by atoms with van der Waals surface area (Å²) in [5, 5.41) is 0.371. The lowest BCUT2D eigenvalue weighted by Crippen LogP contribution is -2.18. The molecule has 3 nitrogen and oxygen atoms in total. The maximum atomic E-state index is 12.9. The number of hydrogen-bond donors (Lipinski definition) is 1. The van der Waals surface area contributed by atoms with E-state index in [1.165, 1.54) is 0 Å². The van der Waals surface area contributed by atoms with E-state index in [1.54, 1.807) is 31.2 Å². The van der Waals surface area contributed by atoms with Crippen molar-refractivity contribution in [1.29, 1.82) is 0 Å². The van der Waals surface area contributed by atoms with Crippen LogP contribution in [0.1, 0.15) is 45.5 Å². The molecule has 0 fully saturated rings. The van der Waals surface area contributed by atoms with Crippen molar-refractivity contribution in [3.63, 3.8) is 0 Å². The minimum absolute atomic E-state index is 0.00861. The first-order chi connectivity index (χ1) is 10.3. The second-order valence-electron chi connectivity index (χ2n) is 5.75. The molecule has 0 spiro atoms. The lowest BCUT2D eigenvalue weighted by molar-refractivity contribution is 0.0965. The molecule has 0 aromatic heterocycles. The van der Waals surface area contributed by atoms with Gasteiger partial charge in [-0.2, -0.15) is 0 Å². The summed E-state index contributed by atoms with van der Waals surface area (Å²) in [4.78, 5) is 22.4. The van der Waals surface area contributed by atoms with Crippen LogP contribution in [-0.2, 0) is 4.57 Å². The Morgan fingerprint density at radius 2 is 1.64 bits per heavy atom. The van der Waals surface area contributed by atoms with Crippen molar-refractivity contribution in [2.24, 2.45) is 0 Å². The topological polar surface area (TPSA) is 54.4 Å². The van der Waals surface area contributed by atoms with Crippen LogP contribution in [0.15, 0.2) is 36.4 Å². The molecular formula is C18H21O3P. The summed E-state index contributed by atoms with van der Waals surface area (Å²) in [6.07, 6.45) is 0. The van der Waals surface area contributed by atoms with Gasteiger partial charge in [-0.15, -0.1) is 0 Å². The van der Waals surface area contributed by atoms with Crippen LogP contribution in [0.4, 0.5) is 0 Å². The van der Waals surface area contributed by atoms with Crippen LogP contribution >= 0.6 is 8.03 Å². The van der Waals surface area contributed by atoms with Gasteiger partial charge in [0.25, 0.3) is 0 Å². The molecule has 22 heavy (non-hydrogen) atoms. The van der Waals surface area contributed by atoms with E-state index in [1.807, 2.05) is 32.9 Å². The molecule has 2 unspecified atom stereocenters. The normalized spacial score (nSPS) is 13.7. The van der Waals surface area contributed by atoms with E-state index in [0.29, 0.717) is 16.4 Å². The Hall–Kier alpha value is -1.70. The molecule has 2 rings (SSSR count). The lowest BCUT2D eigenvalue weighted by Gasteiger charge is -2.17. The van der Waals surface area contributed by atoms with Crippen molar-refractivity contribution in [3.05, 3.63) is 64.2 Å². The number of hydrogen-bond acceptors (Lipinski definition) is 2. The quantitative estimate of drug-likeness (QED) is 0.691. The summed E-state index contributed by atoms with van der Waals surface area (Å²) in [5.41, 5.74) is 4.37. The average molecular weight is 316 g/mol. The van der Waals surface area contributed by atoms with Gasteiger partial charge in [0.1, 0.15) is 0 Å². The maximum Gasteiger partial charge on any atom is 0.218 e. The van der Waals surface area contributed by atoms with Gasteiger partial charge in [-0.05, 0) is 43.5 Å². The third-order valence-corrected chi connectivity index (χ3v) is 4.89. The van der Waals surface area contributed by atoms with Gasteiger partial charge < -0.3 is 4.89 Å². The smallest absolute Gasteiger partial charge is 0.218 e. The van der Waals surface area contributed by atoms with Crippen LogP contribution in [0.2, 0.25) is 0 Å². The lowest BCUT2D eigenvalue weighted by atomic mass is 9.87. The summed E-state index contributed by atoms with van der Waals surface area (Å²) in [6, 6.07) is 10.9. The Labute approximate surface area is 131 Å². The fourth-order valence-corrected chi connectivity index (χ4v) is 3.78. The third-order valence-electron chi connectivity index (χ3n) is 3.97. The summed E-state index contributed by atoms with van der Waals surface area (Å²) in [5.74, 6) is -0.455. The molecule has 2 aromatic carbocycles. The van der Waals surface area contributed by atoms with Gasteiger partial charge in [0, 0.05) is 16.8 Å². The monoisotopic (exact) mass is 316 g/mol. The molecule has 4 heteroatoms. The number of Topliss-reactive ketones (excluding diaryl/α,β-unsaturated/α-hetero) is 1. The zero-order chi connectivity index (χ0) is 16.4. The molecule has 0 amide bonds. The summed E-state index contributed by atoms with van der Waals surface area (Å²) >= 11 is 0. The molecule has 0 heterocycles. The summed E-state index contributed by atoms with van der Waals surface area (Å²) < 4.78 is 11.5. The first-order valence-corrected chi connectivity index (χ1v) is 8.62. The molecule has 2 atom stereocenters. The molecule has 0 aliphatic rings. The van der Waals surface area contributed by atoms with Crippen LogP contribution in [0.3, 0.4) is 0 Å². The second kappa shape index (κ2) is 6.60. The highest BCUT2D eigenvalue weighted by molar-refractivity contribution is 7.47. The molecule has 0 bridgehead atoms. The van der Waals surface area contributed by atoms with Gasteiger partial charge in [-0.25, -0.2) is 0 Å². The van der Waals surface area contributed by atoms with E-state index in [-0.39, 0.29) is 5.78 Å². The van der Waals surface area contributed by atoms with Gasteiger partial charge in [-0.1, -0.05) is 42.8 Å². The largest absolute Gasteiger partial charge is 0.343 e. The molecule has 116 valence electrons. The molecular weight excluding hydrogens is 295 g/mol. The number of rotatable bonds is 4. The highest BCUT2D eigenvalue weighted by atomic mass is 31.1. The molecule has 0 saturated heterocycles. The van der Waals surface area contributed by atoms with Gasteiger partial charge in [0.15, 0.2) is 5.78 Å². The van der Waals surface area contributed by atoms with E-state index in [4.69, 9.17) is 0 Å². The summed E-state index contributed by atoms with van der Waals surface area (Å²) in [6.45, 7) is 7.66. The average Bonchev–Trinajstić information content (AvgIpc) is 2.45. The van der Waals surface area contributed by atoms with Crippen LogP contribution < -0.4 is 5.30 Å². The Morgan fingerprint density at radius 1 is 1.09 bits per heavy atom. The molecule has 1 N–H and O–H groups in total. The predicted octanol–water partition coefficient (Wildman–Crippen LogP) is 3.69. The Balaban J connectivity index is 2.49. The van der Waals surface area contributed by atoms with Crippen molar-refractivity contribution < 1.29 is 14.3 Å². The van der Waals surface area contributed by atoms with Gasteiger partial charge in [0.2, 0.25) is 8.03 Å². The number of benzene rings is 2. The Kier molecular flexibility index (Phi) is 5.00. The minimum atomic E-state index is -2.83. The van der Waals surface area contributed by atoms with E-state index < -0.39 is 13.9 Å². The van der Waals surface area contributed by atoms with Crippen molar-refractivity contribution >= 4 is 19.1 Å². The highest BCUT2D eigenvalue weighted by Gasteiger charge is 2.23. The SMILES string of the molecule is Cc1cc(C)c(C(=O)C(C)c2ccccc2[PH](=O)O)c(C)c1. The van der Waals surface area contributed by atoms with Gasteiger partial charge in [-0.3, -0.25) is 9.36 Å². The van der Waals surface area contributed by atoms with Crippen LogP contribution in [0.5, 0.6) is 0 Å². The highest BCUT2D eigenvalue weighted by Crippen LogP contribution is 2.28. The first kappa shape index (κ1) is 16.7. The fourth-order valence-electron chi connectivity index (χ4n) is 3.00. The zero-order valence-electron chi connectivity index (χ0n) is 13.3. The Morgan fingerprint density at radius 3 is 2.18 bits per heavy atom. The van der Waals surface area contributed by atoms with Crippen LogP contribution in [0, 0.1) is 20.8 Å². The van der Waals surface area contributed by atoms with Gasteiger partial charge in [0.05, 0.1) is 0 Å². The fraction of sp³-hybridized carbons (Fsp3) is 0.278. The van der Waals surface area contributed by atoms with Crippen molar-refractivity contribution in [2.75, 3.05) is 0 Å². The van der Waals surface area contributed by atoms with E-state index >= 15 is 0 Å². The number of carbonyl (C=O) groups is 1. The zero-order valence-corrected chi connectivity index (χ0v) is 14.3. The van der Waals surface area contributed by atoms with Crippen LogP contribution in [0.25, 0.3) is 0 Å². The van der Waals surface area contributed by atoms with Crippen molar-refractivity contribution in [1.82, 2.24) is 0 Å². The first-order valence-electron chi connectivity index (χ1n) is 7.27. The predicted molar refractivity (Wildman–Crippen MR) is 90.7 cm³/mol. The number of aryl methyl sites for hydroxylation is 3. The van der Waals surface area contributed by atoms with Crippen molar-refractivity contribution in [3.8, 4) is 0 Å². The molecule has 0 saturated carbocycles. The summed E-state index contributed by atoms with van der Waals surface area (Å²) in [7, 11) is -2.83. The minimum Gasteiger partial charge on any atom is -0.343 e. The molecule has 0 aliphatic carbocycles. The number of carbonyl (C=O) groups excluding carboxylic acids is 1. The van der Waals surface area contributed by atoms with E-state index in [9.17, 15) is 14.3 Å². The maximum absolute atomic E-state index is 12.9. The second-order valence-corrected chi connectivity index (χ2v) is 6.90. The van der Waals surface area contributed by atoms with Gasteiger partial charge >= 0.3 is 0 Å². The molecule has 0 radical (unpaired) electrons.